The summed E-state index contributed by atoms with van der Waals surface area (Å²) in [5.41, 5.74) is 2.14. The van der Waals surface area contributed by atoms with Crippen molar-refractivity contribution in [1.29, 1.82) is 0 Å². The van der Waals surface area contributed by atoms with Crippen molar-refractivity contribution in [2.24, 2.45) is 0 Å². The maximum Gasteiger partial charge on any atom is 0.254 e. The first-order chi connectivity index (χ1) is 8.81. The number of hydrogen-bond donors (Lipinski definition) is 0. The molecular weight excluding hydrogens is 224 g/mol. The minimum absolute atomic E-state index is 0.228. The first-order valence-corrected chi connectivity index (χ1v) is 6.93. The van der Waals surface area contributed by atoms with Gasteiger partial charge in [0.25, 0.3) is 5.91 Å². The average Bonchev–Trinajstić information content (AvgIpc) is 2.71. The summed E-state index contributed by atoms with van der Waals surface area (Å²) in [6.07, 6.45) is 2.49. The highest BCUT2D eigenvalue weighted by molar-refractivity contribution is 5.99. The van der Waals surface area contributed by atoms with Gasteiger partial charge in [0.15, 0.2) is 0 Å². The van der Waals surface area contributed by atoms with Crippen LogP contribution in [0.3, 0.4) is 0 Å². The van der Waals surface area contributed by atoms with Crippen LogP contribution in [0, 0.1) is 0 Å². The zero-order chi connectivity index (χ0) is 12.5. The van der Waals surface area contributed by atoms with Gasteiger partial charge in [-0.15, -0.1) is 0 Å². The third-order valence-corrected chi connectivity index (χ3v) is 4.10. The molecule has 0 bridgehead atoms. The summed E-state index contributed by atoms with van der Waals surface area (Å²) in [6.45, 7) is 6.29. The Morgan fingerprint density at radius 3 is 2.94 bits per heavy atom. The van der Waals surface area contributed by atoms with E-state index in [4.69, 9.17) is 0 Å². The van der Waals surface area contributed by atoms with Crippen molar-refractivity contribution in [2.45, 2.75) is 25.8 Å². The van der Waals surface area contributed by atoms with Gasteiger partial charge >= 0.3 is 0 Å². The lowest BCUT2D eigenvalue weighted by atomic mass is 10.0. The molecule has 3 rings (SSSR count). The van der Waals surface area contributed by atoms with Gasteiger partial charge in [-0.1, -0.05) is 31.5 Å². The summed E-state index contributed by atoms with van der Waals surface area (Å²) in [6, 6.07) is 8.37. The normalized spacial score (nSPS) is 23.1. The van der Waals surface area contributed by atoms with Gasteiger partial charge in [-0.05, 0) is 24.6 Å². The Hall–Kier alpha value is -1.35. The molecule has 0 N–H and O–H groups in total. The van der Waals surface area contributed by atoms with E-state index in [-0.39, 0.29) is 5.91 Å². The van der Waals surface area contributed by atoms with E-state index in [0.29, 0.717) is 6.04 Å². The summed E-state index contributed by atoms with van der Waals surface area (Å²) in [5, 5.41) is 0. The van der Waals surface area contributed by atoms with Crippen LogP contribution in [-0.2, 0) is 0 Å². The Labute approximate surface area is 108 Å². The van der Waals surface area contributed by atoms with E-state index in [1.54, 1.807) is 0 Å². The SMILES string of the molecule is CCCCN1CCN2C(=O)c3ccccc3C2C1. The number of unbranched alkanes of at least 4 members (excludes halogenated alkanes) is 1. The molecule has 0 saturated carbocycles. The molecule has 0 radical (unpaired) electrons. The minimum Gasteiger partial charge on any atom is -0.329 e. The Kier molecular flexibility index (Phi) is 3.08. The van der Waals surface area contributed by atoms with Crippen LogP contribution in [0.5, 0.6) is 0 Å². The van der Waals surface area contributed by atoms with Crippen molar-refractivity contribution in [1.82, 2.24) is 9.80 Å². The summed E-state index contributed by atoms with van der Waals surface area (Å²) in [7, 11) is 0. The number of rotatable bonds is 3. The quantitative estimate of drug-likeness (QED) is 0.814. The summed E-state index contributed by atoms with van der Waals surface area (Å²) in [5.74, 6) is 0.228. The lowest BCUT2D eigenvalue weighted by Crippen LogP contribution is -2.47. The maximum absolute atomic E-state index is 12.3. The van der Waals surface area contributed by atoms with E-state index < -0.39 is 0 Å². The van der Waals surface area contributed by atoms with E-state index in [9.17, 15) is 4.79 Å². The van der Waals surface area contributed by atoms with Crippen LogP contribution in [0.1, 0.15) is 41.7 Å². The highest BCUT2D eigenvalue weighted by atomic mass is 16.2. The van der Waals surface area contributed by atoms with Crippen molar-refractivity contribution in [2.75, 3.05) is 26.2 Å². The van der Waals surface area contributed by atoms with Gasteiger partial charge in [0, 0.05) is 25.2 Å². The van der Waals surface area contributed by atoms with Gasteiger partial charge in [-0.2, -0.15) is 0 Å². The molecule has 1 fully saturated rings. The highest BCUT2D eigenvalue weighted by Crippen LogP contribution is 2.35. The smallest absolute Gasteiger partial charge is 0.254 e. The monoisotopic (exact) mass is 244 g/mol. The molecule has 3 heteroatoms. The highest BCUT2D eigenvalue weighted by Gasteiger charge is 2.39. The van der Waals surface area contributed by atoms with Crippen molar-refractivity contribution < 1.29 is 4.79 Å². The van der Waals surface area contributed by atoms with Crippen molar-refractivity contribution >= 4 is 5.91 Å². The zero-order valence-corrected chi connectivity index (χ0v) is 10.9. The number of fused-ring (bicyclic) bond motifs is 3. The molecule has 1 aromatic rings. The fourth-order valence-electron chi connectivity index (χ4n) is 3.07. The molecule has 18 heavy (non-hydrogen) atoms. The van der Waals surface area contributed by atoms with E-state index in [2.05, 4.69) is 17.9 Å². The Morgan fingerprint density at radius 2 is 2.11 bits per heavy atom. The average molecular weight is 244 g/mol. The van der Waals surface area contributed by atoms with Crippen molar-refractivity contribution in [3.8, 4) is 0 Å². The zero-order valence-electron chi connectivity index (χ0n) is 10.9. The van der Waals surface area contributed by atoms with Crippen molar-refractivity contribution in [3.63, 3.8) is 0 Å². The Morgan fingerprint density at radius 1 is 1.28 bits per heavy atom. The molecule has 3 nitrogen and oxygen atoms in total. The molecular formula is C15H20N2O. The van der Waals surface area contributed by atoms with Gasteiger partial charge in [-0.25, -0.2) is 0 Å². The second-order valence-electron chi connectivity index (χ2n) is 5.26. The van der Waals surface area contributed by atoms with E-state index >= 15 is 0 Å². The molecule has 0 aliphatic carbocycles. The van der Waals surface area contributed by atoms with Crippen LogP contribution in [0.4, 0.5) is 0 Å². The van der Waals surface area contributed by atoms with Crippen molar-refractivity contribution in [3.05, 3.63) is 35.4 Å². The summed E-state index contributed by atoms with van der Waals surface area (Å²) in [4.78, 5) is 16.8. The molecule has 1 aromatic carbocycles. The number of carbonyl (C=O) groups excluding carboxylic acids is 1. The van der Waals surface area contributed by atoms with Crippen LogP contribution < -0.4 is 0 Å². The Balaban J connectivity index is 1.81. The van der Waals surface area contributed by atoms with E-state index in [1.165, 1.54) is 18.4 Å². The van der Waals surface area contributed by atoms with Gasteiger partial charge < -0.3 is 4.90 Å². The number of carbonyl (C=O) groups is 1. The van der Waals surface area contributed by atoms with Gasteiger partial charge in [0.2, 0.25) is 0 Å². The summed E-state index contributed by atoms with van der Waals surface area (Å²) >= 11 is 0. The largest absolute Gasteiger partial charge is 0.329 e. The van der Waals surface area contributed by atoms with Crippen LogP contribution in [0.25, 0.3) is 0 Å². The van der Waals surface area contributed by atoms with E-state index in [0.717, 1.165) is 31.7 Å². The van der Waals surface area contributed by atoms with Crippen LogP contribution in [0.2, 0.25) is 0 Å². The fraction of sp³-hybridized carbons (Fsp3) is 0.533. The topological polar surface area (TPSA) is 23.6 Å². The second kappa shape index (κ2) is 4.73. The predicted octanol–water partition coefficient (Wildman–Crippen LogP) is 2.30. The molecule has 1 atom stereocenters. The predicted molar refractivity (Wildman–Crippen MR) is 71.6 cm³/mol. The molecule has 2 heterocycles. The first kappa shape index (κ1) is 11.7. The van der Waals surface area contributed by atoms with Gasteiger partial charge in [-0.3, -0.25) is 9.69 Å². The molecule has 2 aliphatic rings. The lowest BCUT2D eigenvalue weighted by Gasteiger charge is -2.37. The molecule has 1 unspecified atom stereocenters. The number of nitrogens with zero attached hydrogens (tertiary/aromatic N) is 2. The number of amides is 1. The minimum atomic E-state index is 0.228. The molecule has 1 amide bonds. The van der Waals surface area contributed by atoms with Gasteiger partial charge in [0.05, 0.1) is 6.04 Å². The summed E-state index contributed by atoms with van der Waals surface area (Å²) < 4.78 is 0. The third kappa shape index (κ3) is 1.83. The molecule has 96 valence electrons. The van der Waals surface area contributed by atoms with Crippen LogP contribution in [-0.4, -0.2) is 41.9 Å². The molecule has 2 aliphatic heterocycles. The maximum atomic E-state index is 12.3. The van der Waals surface area contributed by atoms with Crippen LogP contribution in [0.15, 0.2) is 24.3 Å². The number of hydrogen-bond acceptors (Lipinski definition) is 2. The molecule has 0 spiro atoms. The molecule has 0 aromatic heterocycles. The second-order valence-corrected chi connectivity index (χ2v) is 5.26. The van der Waals surface area contributed by atoms with Gasteiger partial charge in [0.1, 0.15) is 0 Å². The van der Waals surface area contributed by atoms with E-state index in [1.807, 2.05) is 23.1 Å². The fourth-order valence-corrected chi connectivity index (χ4v) is 3.07. The number of benzene rings is 1. The first-order valence-electron chi connectivity index (χ1n) is 6.93. The third-order valence-electron chi connectivity index (χ3n) is 4.10. The Bertz CT molecular complexity index is 458. The lowest BCUT2D eigenvalue weighted by molar-refractivity contribution is 0.0522. The standard InChI is InChI=1S/C15H20N2O/c1-2-3-8-16-9-10-17-14(11-16)12-6-4-5-7-13(12)15(17)18/h4-7,14H,2-3,8-11H2,1H3. The number of piperazine rings is 1. The molecule has 1 saturated heterocycles. The van der Waals surface area contributed by atoms with Crippen LogP contribution >= 0.6 is 0 Å².